The number of nitriles is 1. The minimum atomic E-state index is 0.0101. The topological polar surface area (TPSA) is 52.0 Å². The summed E-state index contributed by atoms with van der Waals surface area (Å²) in [6.45, 7) is 1.98. The number of hydrogen-bond acceptors (Lipinski definition) is 4. The van der Waals surface area contributed by atoms with Crippen molar-refractivity contribution in [3.63, 3.8) is 0 Å². The molecule has 0 saturated heterocycles. The normalized spacial score (nSPS) is 16.3. The van der Waals surface area contributed by atoms with Gasteiger partial charge in [0.1, 0.15) is 0 Å². The summed E-state index contributed by atoms with van der Waals surface area (Å²) >= 11 is 0. The largest absolute Gasteiger partial charge is 0.306 e. The zero-order valence-electron chi connectivity index (χ0n) is 11.5. The van der Waals surface area contributed by atoms with Crippen LogP contribution in [-0.2, 0) is 6.42 Å². The van der Waals surface area contributed by atoms with E-state index in [1.807, 2.05) is 12.4 Å². The second-order valence-electron chi connectivity index (χ2n) is 5.32. The van der Waals surface area contributed by atoms with E-state index in [0.29, 0.717) is 6.04 Å². The quantitative estimate of drug-likeness (QED) is 0.769. The van der Waals surface area contributed by atoms with Crippen LogP contribution in [0.5, 0.6) is 0 Å². The molecule has 1 heterocycles. The first-order valence-corrected chi connectivity index (χ1v) is 7.01. The van der Waals surface area contributed by atoms with Gasteiger partial charge in [-0.1, -0.05) is 0 Å². The van der Waals surface area contributed by atoms with Crippen molar-refractivity contribution in [3.05, 3.63) is 30.1 Å². The van der Waals surface area contributed by atoms with E-state index < -0.39 is 0 Å². The van der Waals surface area contributed by atoms with Crippen molar-refractivity contribution in [2.24, 2.45) is 0 Å². The molecule has 102 valence electrons. The van der Waals surface area contributed by atoms with E-state index in [1.54, 1.807) is 0 Å². The maximum Gasteiger partial charge on any atom is 0.0967 e. The molecule has 0 radical (unpaired) electrons. The monoisotopic (exact) mass is 258 g/mol. The summed E-state index contributed by atoms with van der Waals surface area (Å²) in [4.78, 5) is 6.31. The number of hydrogen-bond donors (Lipinski definition) is 1. The average Bonchev–Trinajstić information content (AvgIpc) is 3.26. The van der Waals surface area contributed by atoms with Crippen molar-refractivity contribution in [1.82, 2.24) is 15.2 Å². The number of likely N-dealkylation sites (N-methyl/N-ethyl adjacent to an activating group) is 1. The Bertz CT molecular complexity index is 408. The molecule has 0 aliphatic heterocycles. The van der Waals surface area contributed by atoms with Crippen LogP contribution in [0.15, 0.2) is 24.5 Å². The van der Waals surface area contributed by atoms with Crippen LogP contribution in [0.3, 0.4) is 0 Å². The molecule has 0 bridgehead atoms. The Morgan fingerprint density at radius 1 is 1.42 bits per heavy atom. The molecule has 0 aromatic carbocycles. The molecule has 1 fully saturated rings. The Morgan fingerprint density at radius 3 is 2.79 bits per heavy atom. The van der Waals surface area contributed by atoms with Crippen LogP contribution < -0.4 is 5.32 Å². The van der Waals surface area contributed by atoms with Gasteiger partial charge >= 0.3 is 0 Å². The van der Waals surface area contributed by atoms with Crippen molar-refractivity contribution >= 4 is 0 Å². The Hall–Kier alpha value is -1.44. The van der Waals surface area contributed by atoms with Gasteiger partial charge < -0.3 is 4.90 Å². The van der Waals surface area contributed by atoms with E-state index in [2.05, 4.69) is 40.5 Å². The fraction of sp³-hybridized carbons (Fsp3) is 0.600. The molecule has 2 rings (SSSR count). The zero-order valence-corrected chi connectivity index (χ0v) is 11.5. The second-order valence-corrected chi connectivity index (χ2v) is 5.32. The van der Waals surface area contributed by atoms with Crippen molar-refractivity contribution in [1.29, 1.82) is 5.26 Å². The minimum Gasteiger partial charge on any atom is -0.306 e. The first-order valence-electron chi connectivity index (χ1n) is 7.01. The van der Waals surface area contributed by atoms with E-state index in [1.165, 1.54) is 18.4 Å². The van der Waals surface area contributed by atoms with Crippen LogP contribution in [-0.4, -0.2) is 42.1 Å². The molecule has 1 saturated carbocycles. The van der Waals surface area contributed by atoms with Gasteiger partial charge in [0.15, 0.2) is 0 Å². The number of nitrogens with one attached hydrogen (secondary N) is 1. The van der Waals surface area contributed by atoms with Crippen molar-refractivity contribution in [3.8, 4) is 6.07 Å². The molecular weight excluding hydrogens is 236 g/mol. The summed E-state index contributed by atoms with van der Waals surface area (Å²) in [6.07, 6.45) is 8.07. The summed E-state index contributed by atoms with van der Waals surface area (Å²) < 4.78 is 0. The van der Waals surface area contributed by atoms with E-state index in [9.17, 15) is 0 Å². The molecule has 19 heavy (non-hydrogen) atoms. The van der Waals surface area contributed by atoms with Crippen LogP contribution in [0.25, 0.3) is 0 Å². The highest BCUT2D eigenvalue weighted by atomic mass is 15.1. The highest BCUT2D eigenvalue weighted by Gasteiger charge is 2.24. The predicted molar refractivity (Wildman–Crippen MR) is 75.6 cm³/mol. The van der Waals surface area contributed by atoms with Crippen molar-refractivity contribution < 1.29 is 0 Å². The van der Waals surface area contributed by atoms with Gasteiger partial charge in [-0.15, -0.1) is 0 Å². The highest BCUT2D eigenvalue weighted by molar-refractivity contribution is 5.09. The summed E-state index contributed by atoms with van der Waals surface area (Å²) in [6, 6.07) is 7.08. The Morgan fingerprint density at radius 2 is 2.16 bits per heavy atom. The third-order valence-electron chi connectivity index (χ3n) is 3.50. The highest BCUT2D eigenvalue weighted by Crippen LogP contribution is 2.19. The van der Waals surface area contributed by atoms with E-state index in [0.717, 1.165) is 25.9 Å². The molecule has 4 nitrogen and oxygen atoms in total. The van der Waals surface area contributed by atoms with Crippen LogP contribution in [0.1, 0.15) is 24.8 Å². The van der Waals surface area contributed by atoms with Gasteiger partial charge in [0.05, 0.1) is 12.1 Å². The SMILES string of the molecule is CN(CCc1ccncc1)CCC(C#N)NC1CC1. The number of rotatable bonds is 8. The fourth-order valence-electron chi connectivity index (χ4n) is 2.05. The minimum absolute atomic E-state index is 0.0101. The molecule has 1 aromatic heterocycles. The average molecular weight is 258 g/mol. The smallest absolute Gasteiger partial charge is 0.0967 e. The van der Waals surface area contributed by atoms with Crippen LogP contribution >= 0.6 is 0 Å². The molecule has 0 spiro atoms. The van der Waals surface area contributed by atoms with Crippen LogP contribution in [0.4, 0.5) is 0 Å². The van der Waals surface area contributed by atoms with Crippen LogP contribution in [0, 0.1) is 11.3 Å². The van der Waals surface area contributed by atoms with Gasteiger partial charge in [0.25, 0.3) is 0 Å². The van der Waals surface area contributed by atoms with E-state index in [-0.39, 0.29) is 6.04 Å². The predicted octanol–water partition coefficient (Wildman–Crippen LogP) is 1.59. The molecule has 1 atom stereocenters. The molecule has 1 unspecified atom stereocenters. The summed E-state index contributed by atoms with van der Waals surface area (Å²) in [5.41, 5.74) is 1.31. The Labute approximate surface area is 115 Å². The number of nitrogens with zero attached hydrogens (tertiary/aromatic N) is 3. The Balaban J connectivity index is 1.63. The number of pyridine rings is 1. The van der Waals surface area contributed by atoms with Gasteiger partial charge in [-0.05, 0) is 50.4 Å². The lowest BCUT2D eigenvalue weighted by molar-refractivity contribution is 0.321. The van der Waals surface area contributed by atoms with Gasteiger partial charge in [0.2, 0.25) is 0 Å². The lowest BCUT2D eigenvalue weighted by atomic mass is 10.2. The summed E-state index contributed by atoms with van der Waals surface area (Å²) in [5.74, 6) is 0. The van der Waals surface area contributed by atoms with Gasteiger partial charge in [-0.25, -0.2) is 0 Å². The molecular formula is C15H22N4. The van der Waals surface area contributed by atoms with Crippen LogP contribution in [0.2, 0.25) is 0 Å². The lowest BCUT2D eigenvalue weighted by Gasteiger charge is -2.18. The van der Waals surface area contributed by atoms with Crippen molar-refractivity contribution in [2.75, 3.05) is 20.1 Å². The third-order valence-corrected chi connectivity index (χ3v) is 3.50. The second kappa shape index (κ2) is 7.22. The lowest BCUT2D eigenvalue weighted by Crippen LogP contribution is -2.34. The molecule has 1 aliphatic carbocycles. The fourth-order valence-corrected chi connectivity index (χ4v) is 2.05. The van der Waals surface area contributed by atoms with Gasteiger partial charge in [-0.2, -0.15) is 5.26 Å². The van der Waals surface area contributed by atoms with E-state index in [4.69, 9.17) is 5.26 Å². The van der Waals surface area contributed by atoms with E-state index >= 15 is 0 Å². The molecule has 1 aliphatic rings. The number of aromatic nitrogens is 1. The summed E-state index contributed by atoms with van der Waals surface area (Å²) in [7, 11) is 2.12. The molecule has 0 amide bonds. The summed E-state index contributed by atoms with van der Waals surface area (Å²) in [5, 5.41) is 12.5. The first kappa shape index (κ1) is 14.0. The maximum absolute atomic E-state index is 9.09. The van der Waals surface area contributed by atoms with Gasteiger partial charge in [0, 0.05) is 31.5 Å². The molecule has 4 heteroatoms. The first-order chi connectivity index (χ1) is 9.28. The zero-order chi connectivity index (χ0) is 13.5. The molecule has 1 aromatic rings. The third kappa shape index (κ3) is 5.37. The standard InChI is InChI=1S/C15H22N4/c1-19(10-6-13-4-8-17-9-5-13)11-7-15(12-16)18-14-2-3-14/h4-5,8-9,14-15,18H,2-3,6-7,10-11H2,1H3. The Kier molecular flexibility index (Phi) is 5.31. The van der Waals surface area contributed by atoms with Gasteiger partial charge in [-0.3, -0.25) is 10.3 Å². The van der Waals surface area contributed by atoms with Crippen molar-refractivity contribution in [2.45, 2.75) is 37.8 Å². The molecule has 1 N–H and O–H groups in total. The maximum atomic E-state index is 9.09.